The van der Waals surface area contributed by atoms with E-state index in [1.54, 1.807) is 0 Å². The van der Waals surface area contributed by atoms with Crippen molar-refractivity contribution in [3.8, 4) is 0 Å². The summed E-state index contributed by atoms with van der Waals surface area (Å²) in [6.45, 7) is -0.869. The van der Waals surface area contributed by atoms with E-state index in [4.69, 9.17) is 0 Å². The smallest absolute Gasteiger partial charge is 0.261 e. The van der Waals surface area contributed by atoms with E-state index in [0.717, 1.165) is 12.1 Å². The maximum atomic E-state index is 14.7. The van der Waals surface area contributed by atoms with Crippen molar-refractivity contribution in [2.24, 2.45) is 0 Å². The van der Waals surface area contributed by atoms with Gasteiger partial charge in [-0.3, -0.25) is 19.0 Å². The molecule has 0 saturated heterocycles. The Labute approximate surface area is 171 Å². The van der Waals surface area contributed by atoms with E-state index in [-0.39, 0.29) is 12.1 Å². The van der Waals surface area contributed by atoms with Gasteiger partial charge in [0.1, 0.15) is 16.0 Å². The Morgan fingerprint density at radius 2 is 2.03 bits per heavy atom. The molecule has 8 nitrogen and oxygen atoms in total. The predicted octanol–water partition coefficient (Wildman–Crippen LogP) is 3.35. The van der Waals surface area contributed by atoms with E-state index in [1.807, 2.05) is 4.72 Å². The molecule has 0 atom stereocenters. The van der Waals surface area contributed by atoms with E-state index in [2.05, 4.69) is 36.4 Å². The van der Waals surface area contributed by atoms with E-state index >= 15 is 0 Å². The molecule has 29 heavy (non-hydrogen) atoms. The minimum absolute atomic E-state index is 0.136. The summed E-state index contributed by atoms with van der Waals surface area (Å²) in [5, 5.41) is 9.34. The molecule has 0 spiro atoms. The fraction of sp³-hybridized carbons (Fsp3) is 0.188. The lowest BCUT2D eigenvalue weighted by atomic mass is 10.1. The number of amides is 1. The van der Waals surface area contributed by atoms with Crippen molar-refractivity contribution in [3.05, 3.63) is 46.2 Å². The Morgan fingerprint density at radius 3 is 2.76 bits per heavy atom. The lowest BCUT2D eigenvalue weighted by Crippen LogP contribution is -2.21. The second kappa shape index (κ2) is 8.37. The van der Waals surface area contributed by atoms with Crippen molar-refractivity contribution < 1.29 is 26.4 Å². The number of halogens is 4. The molecule has 1 amide bonds. The first-order valence-corrected chi connectivity index (χ1v) is 10.5. The SMILES string of the molecule is O=C(Nc1cnc2[nH]nc(Br)c2c1)c1c(F)ccc(NS(=O)(=O)CCCF)c1F. The second-order valence-electron chi connectivity index (χ2n) is 5.84. The van der Waals surface area contributed by atoms with Crippen LogP contribution in [0.1, 0.15) is 16.8 Å². The van der Waals surface area contributed by atoms with Gasteiger partial charge in [0.05, 0.1) is 35.4 Å². The Morgan fingerprint density at radius 1 is 1.28 bits per heavy atom. The number of hydrogen-bond donors (Lipinski definition) is 3. The third-order valence-corrected chi connectivity index (χ3v) is 5.72. The number of nitrogens with one attached hydrogen (secondary N) is 3. The van der Waals surface area contributed by atoms with Crippen molar-refractivity contribution in [2.45, 2.75) is 6.42 Å². The normalized spacial score (nSPS) is 11.6. The van der Waals surface area contributed by atoms with Gasteiger partial charge in [-0.15, -0.1) is 0 Å². The third kappa shape index (κ3) is 4.67. The van der Waals surface area contributed by atoms with Crippen LogP contribution in [0.5, 0.6) is 0 Å². The molecule has 3 N–H and O–H groups in total. The number of carbonyl (C=O) groups is 1. The average molecular weight is 492 g/mol. The topological polar surface area (TPSA) is 117 Å². The van der Waals surface area contributed by atoms with Gasteiger partial charge in [-0.2, -0.15) is 5.10 Å². The summed E-state index contributed by atoms with van der Waals surface area (Å²) in [6, 6.07) is 3.07. The summed E-state index contributed by atoms with van der Waals surface area (Å²) in [4.78, 5) is 16.4. The second-order valence-corrected chi connectivity index (χ2v) is 8.43. The van der Waals surface area contributed by atoms with Gasteiger partial charge >= 0.3 is 0 Å². The number of alkyl halides is 1. The number of pyridine rings is 1. The van der Waals surface area contributed by atoms with Gasteiger partial charge in [0, 0.05) is 0 Å². The molecular formula is C16H13BrF3N5O3S. The van der Waals surface area contributed by atoms with Gasteiger partial charge in [0.15, 0.2) is 11.5 Å². The number of benzene rings is 1. The minimum Gasteiger partial charge on any atom is -0.320 e. The highest BCUT2D eigenvalue weighted by atomic mass is 79.9. The molecule has 0 bridgehead atoms. The zero-order valence-corrected chi connectivity index (χ0v) is 16.9. The van der Waals surface area contributed by atoms with E-state index in [0.29, 0.717) is 15.6 Å². The quantitative estimate of drug-likeness (QED) is 0.468. The number of sulfonamides is 1. The number of aromatic amines is 1. The first-order valence-electron chi connectivity index (χ1n) is 8.07. The number of nitrogens with zero attached hydrogens (tertiary/aromatic N) is 2. The van der Waals surface area contributed by atoms with Gasteiger partial charge in [-0.05, 0) is 40.5 Å². The monoisotopic (exact) mass is 491 g/mol. The number of hydrogen-bond acceptors (Lipinski definition) is 5. The van der Waals surface area contributed by atoms with Crippen molar-refractivity contribution in [1.29, 1.82) is 0 Å². The highest BCUT2D eigenvalue weighted by molar-refractivity contribution is 9.10. The van der Waals surface area contributed by atoms with Crippen LogP contribution in [-0.2, 0) is 10.0 Å². The number of anilines is 2. The molecule has 2 heterocycles. The van der Waals surface area contributed by atoms with Gasteiger partial charge in [0.25, 0.3) is 5.91 Å². The van der Waals surface area contributed by atoms with Crippen molar-refractivity contribution in [1.82, 2.24) is 15.2 Å². The fourth-order valence-corrected chi connectivity index (χ4v) is 3.91. The molecular weight excluding hydrogens is 479 g/mol. The van der Waals surface area contributed by atoms with E-state index in [9.17, 15) is 26.4 Å². The zero-order chi connectivity index (χ0) is 21.2. The Kier molecular flexibility index (Phi) is 6.07. The maximum Gasteiger partial charge on any atom is 0.261 e. The fourth-order valence-electron chi connectivity index (χ4n) is 2.44. The van der Waals surface area contributed by atoms with E-state index in [1.165, 1.54) is 12.3 Å². The lowest BCUT2D eigenvalue weighted by molar-refractivity contribution is 0.101. The first-order chi connectivity index (χ1) is 13.7. The molecule has 2 aromatic heterocycles. The van der Waals surface area contributed by atoms with Crippen LogP contribution in [0.15, 0.2) is 29.0 Å². The summed E-state index contributed by atoms with van der Waals surface area (Å²) in [6.07, 6.45) is 0.967. The van der Waals surface area contributed by atoms with Crippen molar-refractivity contribution >= 4 is 54.3 Å². The third-order valence-electron chi connectivity index (χ3n) is 3.76. The van der Waals surface area contributed by atoms with Crippen LogP contribution in [0.2, 0.25) is 0 Å². The molecule has 0 aliphatic carbocycles. The number of rotatable bonds is 7. The van der Waals surface area contributed by atoms with Gasteiger partial charge in [-0.25, -0.2) is 22.2 Å². The Bertz CT molecular complexity index is 1190. The molecule has 154 valence electrons. The minimum atomic E-state index is -4.07. The number of carbonyl (C=O) groups excluding carboxylic acids is 1. The molecule has 0 aliphatic rings. The molecule has 1 aromatic carbocycles. The Balaban J connectivity index is 1.88. The molecule has 0 radical (unpaired) electrons. The maximum absolute atomic E-state index is 14.7. The van der Waals surface area contributed by atoms with Crippen molar-refractivity contribution in [3.63, 3.8) is 0 Å². The molecule has 13 heteroatoms. The summed E-state index contributed by atoms with van der Waals surface area (Å²) in [5.74, 6) is -4.33. The first kappa shape index (κ1) is 21.0. The van der Waals surface area contributed by atoms with E-state index < -0.39 is 51.2 Å². The van der Waals surface area contributed by atoms with Gasteiger partial charge in [-0.1, -0.05) is 0 Å². The van der Waals surface area contributed by atoms with Crippen LogP contribution < -0.4 is 10.0 Å². The Hall–Kier alpha value is -2.67. The van der Waals surface area contributed by atoms with Crippen molar-refractivity contribution in [2.75, 3.05) is 22.5 Å². The summed E-state index contributed by atoms with van der Waals surface area (Å²) in [7, 11) is -4.07. The molecule has 0 saturated carbocycles. The van der Waals surface area contributed by atoms with Crippen LogP contribution >= 0.6 is 15.9 Å². The predicted molar refractivity (Wildman–Crippen MR) is 104 cm³/mol. The average Bonchev–Trinajstić information content (AvgIpc) is 3.03. The number of fused-ring (bicyclic) bond motifs is 1. The number of aromatic nitrogens is 3. The summed E-state index contributed by atoms with van der Waals surface area (Å²) in [5.41, 5.74) is -1.04. The molecule has 0 unspecified atom stereocenters. The summed E-state index contributed by atoms with van der Waals surface area (Å²) >= 11 is 3.19. The lowest BCUT2D eigenvalue weighted by Gasteiger charge is -2.12. The number of H-pyrrole nitrogens is 1. The highest BCUT2D eigenvalue weighted by Gasteiger charge is 2.23. The molecule has 3 rings (SSSR count). The molecule has 0 aliphatic heterocycles. The van der Waals surface area contributed by atoms with Crippen LogP contribution in [-0.4, -0.2) is 41.9 Å². The van der Waals surface area contributed by atoms with Gasteiger partial charge in [0.2, 0.25) is 10.0 Å². The molecule has 0 fully saturated rings. The van der Waals surface area contributed by atoms with Crippen LogP contribution in [0.4, 0.5) is 24.5 Å². The zero-order valence-electron chi connectivity index (χ0n) is 14.5. The summed E-state index contributed by atoms with van der Waals surface area (Å²) < 4.78 is 67.0. The largest absolute Gasteiger partial charge is 0.320 e. The van der Waals surface area contributed by atoms with Crippen LogP contribution in [0, 0.1) is 11.6 Å². The standard InChI is InChI=1S/C16H13BrF3N5O3S/c17-14-9-6-8(7-21-15(9)24-23-14)22-16(26)12-10(19)2-3-11(13(12)20)25-29(27,28)5-1-4-18/h2-3,6-7,25H,1,4-5H2,(H,22,26)(H,21,23,24). The molecule has 3 aromatic rings. The highest BCUT2D eigenvalue weighted by Crippen LogP contribution is 2.25. The van der Waals surface area contributed by atoms with Crippen LogP contribution in [0.25, 0.3) is 11.0 Å². The van der Waals surface area contributed by atoms with Crippen LogP contribution in [0.3, 0.4) is 0 Å². The van der Waals surface area contributed by atoms with Gasteiger partial charge < -0.3 is 5.32 Å².